The average Bonchev–Trinajstić information content (AvgIpc) is 1.62. The van der Waals surface area contributed by atoms with Crippen molar-refractivity contribution in [3.63, 3.8) is 0 Å². The molecule has 0 aromatic rings. The van der Waals surface area contributed by atoms with Gasteiger partial charge in [-0.3, -0.25) is 5.84 Å². The molecule has 0 aliphatic carbocycles. The summed E-state index contributed by atoms with van der Waals surface area (Å²) in [6, 6.07) is 0. The highest BCUT2D eigenvalue weighted by Crippen LogP contribution is 2.18. The van der Waals surface area contributed by atoms with Gasteiger partial charge >= 0.3 is 0 Å². The molecule has 0 aromatic heterocycles. The van der Waals surface area contributed by atoms with Gasteiger partial charge in [0.2, 0.25) is 6.41 Å². The standard InChI is InChI=1S/C4H11IN2O2/c1-4(2,5)9-3(8)7-6/h3,7-8H,6H2,1-2H3. The van der Waals surface area contributed by atoms with Crippen molar-refractivity contribution < 1.29 is 9.84 Å². The summed E-state index contributed by atoms with van der Waals surface area (Å²) in [5.74, 6) is 4.85. The largest absolute Gasteiger partial charge is 0.355 e. The number of ether oxygens (including phenoxy) is 1. The molecular formula is C4H11IN2O2. The third-order valence-corrected chi connectivity index (χ3v) is 0.789. The van der Waals surface area contributed by atoms with Gasteiger partial charge in [-0.05, 0) is 36.4 Å². The summed E-state index contributed by atoms with van der Waals surface area (Å²) >= 11 is 2.04. The lowest BCUT2D eigenvalue weighted by molar-refractivity contribution is -0.150. The van der Waals surface area contributed by atoms with Crippen LogP contribution in [0.1, 0.15) is 13.8 Å². The third kappa shape index (κ3) is 6.46. The molecule has 0 aliphatic rings. The molecule has 1 unspecified atom stereocenters. The molecule has 0 amide bonds. The van der Waals surface area contributed by atoms with E-state index in [-0.39, 0.29) is 0 Å². The minimum atomic E-state index is -1.09. The van der Waals surface area contributed by atoms with Crippen molar-refractivity contribution in [2.24, 2.45) is 5.84 Å². The van der Waals surface area contributed by atoms with E-state index in [2.05, 4.69) is 0 Å². The van der Waals surface area contributed by atoms with E-state index in [1.165, 1.54) is 0 Å². The van der Waals surface area contributed by atoms with Gasteiger partial charge < -0.3 is 9.84 Å². The lowest BCUT2D eigenvalue weighted by atomic mass is 10.5. The molecule has 0 rings (SSSR count). The van der Waals surface area contributed by atoms with Crippen molar-refractivity contribution in [2.75, 3.05) is 0 Å². The summed E-state index contributed by atoms with van der Waals surface area (Å²) in [4.78, 5) is 0. The summed E-state index contributed by atoms with van der Waals surface area (Å²) in [7, 11) is 0. The van der Waals surface area contributed by atoms with Crippen molar-refractivity contribution in [2.45, 2.75) is 23.9 Å². The number of hydrogen-bond donors (Lipinski definition) is 3. The molecule has 0 saturated carbocycles. The highest BCUT2D eigenvalue weighted by Gasteiger charge is 2.16. The van der Waals surface area contributed by atoms with Crippen molar-refractivity contribution in [3.8, 4) is 0 Å². The number of halogens is 1. The van der Waals surface area contributed by atoms with Crippen LogP contribution >= 0.6 is 22.6 Å². The Morgan fingerprint density at radius 2 is 2.22 bits per heavy atom. The maximum absolute atomic E-state index is 8.73. The average molecular weight is 246 g/mol. The Labute approximate surface area is 67.9 Å². The van der Waals surface area contributed by atoms with Crippen LogP contribution in [0.15, 0.2) is 0 Å². The third-order valence-electron chi connectivity index (χ3n) is 0.534. The molecule has 0 spiro atoms. The fourth-order valence-corrected chi connectivity index (χ4v) is 0.540. The Balaban J connectivity index is 3.47. The first-order valence-electron chi connectivity index (χ1n) is 2.46. The number of nitrogens with one attached hydrogen (secondary N) is 1. The van der Waals surface area contributed by atoms with Gasteiger partial charge in [0, 0.05) is 0 Å². The van der Waals surface area contributed by atoms with E-state index in [0.29, 0.717) is 0 Å². The first-order valence-corrected chi connectivity index (χ1v) is 3.54. The lowest BCUT2D eigenvalue weighted by Gasteiger charge is -2.20. The van der Waals surface area contributed by atoms with Gasteiger partial charge in [0.15, 0.2) is 0 Å². The molecule has 0 radical (unpaired) electrons. The molecule has 4 nitrogen and oxygen atoms in total. The first-order chi connectivity index (χ1) is 3.95. The number of aliphatic hydroxyl groups is 1. The van der Waals surface area contributed by atoms with Crippen LogP contribution < -0.4 is 11.3 Å². The van der Waals surface area contributed by atoms with Gasteiger partial charge in [0.1, 0.15) is 3.61 Å². The van der Waals surface area contributed by atoms with E-state index in [0.717, 1.165) is 0 Å². The van der Waals surface area contributed by atoms with Gasteiger partial charge in [-0.2, -0.15) is 0 Å². The zero-order valence-corrected chi connectivity index (χ0v) is 7.55. The van der Waals surface area contributed by atoms with Crippen LogP contribution in [0.5, 0.6) is 0 Å². The van der Waals surface area contributed by atoms with E-state index in [4.69, 9.17) is 15.7 Å². The Kier molecular flexibility index (Phi) is 3.90. The van der Waals surface area contributed by atoms with Crippen molar-refractivity contribution >= 4 is 22.6 Å². The fourth-order valence-electron chi connectivity index (χ4n) is 0.299. The molecule has 4 N–H and O–H groups in total. The highest BCUT2D eigenvalue weighted by atomic mass is 127. The van der Waals surface area contributed by atoms with Crippen molar-refractivity contribution in [1.29, 1.82) is 0 Å². The number of hydrazine groups is 1. The monoisotopic (exact) mass is 246 g/mol. The normalized spacial score (nSPS) is 15.7. The Morgan fingerprint density at radius 1 is 1.78 bits per heavy atom. The summed E-state index contributed by atoms with van der Waals surface area (Å²) in [5.41, 5.74) is 2.05. The van der Waals surface area contributed by atoms with Gasteiger partial charge in [-0.25, -0.2) is 5.43 Å². The van der Waals surface area contributed by atoms with Gasteiger partial charge in [-0.15, -0.1) is 0 Å². The molecule has 0 saturated heterocycles. The minimum absolute atomic E-state index is 0.399. The highest BCUT2D eigenvalue weighted by molar-refractivity contribution is 14.1. The van der Waals surface area contributed by atoms with E-state index in [9.17, 15) is 0 Å². The Hall–Kier alpha value is 0.570. The van der Waals surface area contributed by atoms with Gasteiger partial charge in [-0.1, -0.05) is 0 Å². The zero-order chi connectivity index (χ0) is 7.49. The van der Waals surface area contributed by atoms with E-state index < -0.39 is 10.0 Å². The topological polar surface area (TPSA) is 67.5 Å². The van der Waals surface area contributed by atoms with Crippen LogP contribution in [0.4, 0.5) is 0 Å². The maximum Gasteiger partial charge on any atom is 0.227 e. The van der Waals surface area contributed by atoms with Crippen molar-refractivity contribution in [3.05, 3.63) is 0 Å². The molecular weight excluding hydrogens is 235 g/mol. The second kappa shape index (κ2) is 3.67. The van der Waals surface area contributed by atoms with Crippen LogP contribution in [0.3, 0.4) is 0 Å². The molecule has 0 fully saturated rings. The molecule has 5 heteroatoms. The van der Waals surface area contributed by atoms with E-state index >= 15 is 0 Å². The Morgan fingerprint density at radius 3 is 2.33 bits per heavy atom. The summed E-state index contributed by atoms with van der Waals surface area (Å²) < 4.78 is 4.49. The number of nitrogens with two attached hydrogens (primary N) is 1. The summed E-state index contributed by atoms with van der Waals surface area (Å²) in [6.07, 6.45) is -1.09. The number of rotatable bonds is 3. The molecule has 0 bridgehead atoms. The summed E-state index contributed by atoms with van der Waals surface area (Å²) in [5, 5.41) is 8.73. The second-order valence-corrected chi connectivity index (χ2v) is 4.60. The quantitative estimate of drug-likeness (QED) is 0.214. The molecule has 0 aromatic carbocycles. The molecule has 0 aliphatic heterocycles. The molecule has 9 heavy (non-hydrogen) atoms. The molecule has 56 valence electrons. The predicted octanol–water partition coefficient (Wildman–Crippen LogP) is -0.0867. The van der Waals surface area contributed by atoms with Crippen LogP contribution in [0, 0.1) is 0 Å². The molecule has 1 atom stereocenters. The van der Waals surface area contributed by atoms with Crippen LogP contribution in [0.2, 0.25) is 0 Å². The van der Waals surface area contributed by atoms with E-state index in [1.807, 2.05) is 41.9 Å². The fraction of sp³-hybridized carbons (Fsp3) is 1.00. The SMILES string of the molecule is CC(C)(I)OC(O)NN. The van der Waals surface area contributed by atoms with Gasteiger partial charge in [0.05, 0.1) is 0 Å². The zero-order valence-electron chi connectivity index (χ0n) is 5.39. The minimum Gasteiger partial charge on any atom is -0.355 e. The van der Waals surface area contributed by atoms with Crippen LogP contribution in [0.25, 0.3) is 0 Å². The van der Waals surface area contributed by atoms with Gasteiger partial charge in [0.25, 0.3) is 0 Å². The van der Waals surface area contributed by atoms with Crippen molar-refractivity contribution in [1.82, 2.24) is 5.43 Å². The maximum atomic E-state index is 8.73. The van der Waals surface area contributed by atoms with Crippen LogP contribution in [-0.4, -0.2) is 15.1 Å². The first kappa shape index (κ1) is 9.57. The second-order valence-electron chi connectivity index (χ2n) is 2.00. The number of hydrogen-bond acceptors (Lipinski definition) is 4. The van der Waals surface area contributed by atoms with E-state index in [1.54, 1.807) is 0 Å². The predicted molar refractivity (Wildman–Crippen MR) is 42.5 cm³/mol. The number of aliphatic hydroxyl groups excluding tert-OH is 1. The smallest absolute Gasteiger partial charge is 0.227 e. The number of alkyl halides is 1. The Bertz CT molecular complexity index is 83.1. The molecule has 0 heterocycles. The summed E-state index contributed by atoms with van der Waals surface area (Å²) in [6.45, 7) is 3.63. The lowest BCUT2D eigenvalue weighted by Crippen LogP contribution is -2.40. The van der Waals surface area contributed by atoms with Crippen LogP contribution in [-0.2, 0) is 4.74 Å².